The lowest BCUT2D eigenvalue weighted by Gasteiger charge is -2.05. The van der Waals surface area contributed by atoms with Crippen LogP contribution in [-0.4, -0.2) is 33.2 Å². The summed E-state index contributed by atoms with van der Waals surface area (Å²) in [6.07, 6.45) is 3.47. The molecule has 5 nitrogen and oxygen atoms in total. The van der Waals surface area contributed by atoms with E-state index in [1.807, 2.05) is 43.3 Å². The molecule has 1 aliphatic rings. The predicted octanol–water partition coefficient (Wildman–Crippen LogP) is 4.20. The average molecular weight is 377 g/mol. The number of amides is 1. The monoisotopic (exact) mass is 376 g/mol. The second-order valence-corrected chi connectivity index (χ2v) is 7.52. The molecule has 1 saturated heterocycles. The SMILES string of the molecule is Cc1nnc(/N=C2/S/C(=C\C(Cl)=C\c3ccccc3)C(=O)N2C)s1. The van der Waals surface area contributed by atoms with E-state index in [1.54, 1.807) is 13.1 Å². The Balaban J connectivity index is 1.83. The number of allylic oxidation sites excluding steroid dienone is 2. The van der Waals surface area contributed by atoms with Gasteiger partial charge in [0, 0.05) is 12.1 Å². The first kappa shape index (κ1) is 16.9. The van der Waals surface area contributed by atoms with E-state index in [0.29, 0.717) is 20.2 Å². The van der Waals surface area contributed by atoms with Crippen LogP contribution in [0.4, 0.5) is 5.13 Å². The number of amidine groups is 1. The van der Waals surface area contributed by atoms with Crippen LogP contribution >= 0.6 is 34.7 Å². The van der Waals surface area contributed by atoms with Gasteiger partial charge in [-0.2, -0.15) is 4.99 Å². The van der Waals surface area contributed by atoms with Gasteiger partial charge in [-0.05, 0) is 36.4 Å². The number of aromatic nitrogens is 2. The highest BCUT2D eigenvalue weighted by molar-refractivity contribution is 8.18. The molecule has 1 aromatic heterocycles. The van der Waals surface area contributed by atoms with Crippen molar-refractivity contribution in [2.75, 3.05) is 7.05 Å². The lowest BCUT2D eigenvalue weighted by atomic mass is 10.2. The van der Waals surface area contributed by atoms with Crippen molar-refractivity contribution in [1.82, 2.24) is 15.1 Å². The van der Waals surface area contributed by atoms with Crippen molar-refractivity contribution in [2.45, 2.75) is 6.92 Å². The Morgan fingerprint density at radius 2 is 2.04 bits per heavy atom. The van der Waals surface area contributed by atoms with Crippen LogP contribution in [0.5, 0.6) is 0 Å². The summed E-state index contributed by atoms with van der Waals surface area (Å²) in [5.41, 5.74) is 0.973. The topological polar surface area (TPSA) is 58.5 Å². The zero-order chi connectivity index (χ0) is 17.1. The number of rotatable bonds is 3. The normalized spacial score (nSPS) is 18.9. The number of aryl methyl sites for hydroxylation is 1. The van der Waals surface area contributed by atoms with Crippen molar-refractivity contribution in [3.05, 3.63) is 56.9 Å². The van der Waals surface area contributed by atoms with E-state index < -0.39 is 0 Å². The number of hydrogen-bond acceptors (Lipinski definition) is 6. The molecule has 8 heteroatoms. The fourth-order valence-electron chi connectivity index (χ4n) is 1.94. The van der Waals surface area contributed by atoms with Crippen LogP contribution in [0.1, 0.15) is 10.6 Å². The van der Waals surface area contributed by atoms with Gasteiger partial charge in [0.25, 0.3) is 5.91 Å². The van der Waals surface area contributed by atoms with E-state index >= 15 is 0 Å². The summed E-state index contributed by atoms with van der Waals surface area (Å²) in [4.78, 5) is 18.7. The Bertz CT molecular complexity index is 858. The third kappa shape index (κ3) is 3.92. The maximum atomic E-state index is 12.3. The molecule has 3 rings (SSSR count). The lowest BCUT2D eigenvalue weighted by molar-refractivity contribution is -0.121. The summed E-state index contributed by atoms with van der Waals surface area (Å²) in [7, 11) is 1.68. The first-order valence-corrected chi connectivity index (χ1v) is 9.02. The van der Waals surface area contributed by atoms with Crippen molar-refractivity contribution in [2.24, 2.45) is 4.99 Å². The molecule has 0 saturated carbocycles. The van der Waals surface area contributed by atoms with Gasteiger partial charge in [-0.3, -0.25) is 9.69 Å². The number of nitrogens with zero attached hydrogens (tertiary/aromatic N) is 4. The molecule has 122 valence electrons. The standard InChI is InChI=1S/C16H13ClN4OS2/c1-10-19-20-15(23-10)18-16-21(2)14(22)13(24-16)9-12(17)8-11-6-4-3-5-7-11/h3-9H,1-2H3/b12-8-,13-9-,18-16+. The molecule has 0 spiro atoms. The van der Waals surface area contributed by atoms with Gasteiger partial charge in [-0.15, -0.1) is 10.2 Å². The number of benzene rings is 1. The molecule has 0 unspecified atom stereocenters. The maximum absolute atomic E-state index is 12.3. The van der Waals surface area contributed by atoms with Crippen LogP contribution in [0.3, 0.4) is 0 Å². The number of thioether (sulfide) groups is 1. The van der Waals surface area contributed by atoms with Crippen LogP contribution in [0.15, 0.2) is 51.3 Å². The highest BCUT2D eigenvalue weighted by Gasteiger charge is 2.30. The zero-order valence-corrected chi connectivity index (χ0v) is 15.3. The molecule has 1 aliphatic heterocycles. The third-order valence-corrected chi connectivity index (χ3v) is 5.09. The Morgan fingerprint density at radius 1 is 1.29 bits per heavy atom. The molecule has 0 aliphatic carbocycles. The molecule has 0 radical (unpaired) electrons. The number of hydrogen-bond donors (Lipinski definition) is 0. The van der Waals surface area contributed by atoms with Gasteiger partial charge in [0.15, 0.2) is 5.17 Å². The molecule has 1 amide bonds. The zero-order valence-electron chi connectivity index (χ0n) is 12.9. The Morgan fingerprint density at radius 3 is 2.71 bits per heavy atom. The number of aliphatic imine (C=N–C) groups is 1. The molecular formula is C16H13ClN4OS2. The summed E-state index contributed by atoms with van der Waals surface area (Å²) in [6, 6.07) is 9.69. The molecule has 0 bridgehead atoms. The summed E-state index contributed by atoms with van der Waals surface area (Å²) in [6.45, 7) is 1.86. The molecule has 0 N–H and O–H groups in total. The highest BCUT2D eigenvalue weighted by atomic mass is 35.5. The largest absolute Gasteiger partial charge is 0.289 e. The first-order chi connectivity index (χ1) is 11.5. The van der Waals surface area contributed by atoms with Gasteiger partial charge in [-0.1, -0.05) is 53.3 Å². The molecular weight excluding hydrogens is 364 g/mol. The number of likely N-dealkylation sites (N-methyl/N-ethyl adjacent to an activating group) is 1. The van der Waals surface area contributed by atoms with Crippen LogP contribution in [0.25, 0.3) is 6.08 Å². The van der Waals surface area contributed by atoms with E-state index in [9.17, 15) is 4.79 Å². The fraction of sp³-hybridized carbons (Fsp3) is 0.125. The minimum absolute atomic E-state index is 0.139. The lowest BCUT2D eigenvalue weighted by Crippen LogP contribution is -2.23. The Labute approximate surface area is 152 Å². The number of carbonyl (C=O) groups excluding carboxylic acids is 1. The average Bonchev–Trinajstić information content (AvgIpc) is 3.08. The van der Waals surface area contributed by atoms with Gasteiger partial charge in [0.1, 0.15) is 5.01 Å². The van der Waals surface area contributed by atoms with Gasteiger partial charge in [0.2, 0.25) is 5.13 Å². The van der Waals surface area contributed by atoms with E-state index in [0.717, 1.165) is 10.6 Å². The Hall–Kier alpha value is -1.96. The van der Waals surface area contributed by atoms with E-state index in [4.69, 9.17) is 11.6 Å². The van der Waals surface area contributed by atoms with Crippen molar-refractivity contribution in [3.63, 3.8) is 0 Å². The quantitative estimate of drug-likeness (QED) is 0.753. The summed E-state index contributed by atoms with van der Waals surface area (Å²) in [5, 5.41) is 10.3. The van der Waals surface area contributed by atoms with Crippen molar-refractivity contribution >= 4 is 57.0 Å². The van der Waals surface area contributed by atoms with Gasteiger partial charge >= 0.3 is 0 Å². The van der Waals surface area contributed by atoms with E-state index in [1.165, 1.54) is 28.0 Å². The van der Waals surface area contributed by atoms with Crippen molar-refractivity contribution < 1.29 is 4.79 Å². The minimum Gasteiger partial charge on any atom is -0.289 e. The van der Waals surface area contributed by atoms with Gasteiger partial charge in [-0.25, -0.2) is 0 Å². The Kier molecular flexibility index (Phi) is 5.13. The molecule has 2 heterocycles. The molecule has 24 heavy (non-hydrogen) atoms. The van der Waals surface area contributed by atoms with Crippen LogP contribution < -0.4 is 0 Å². The van der Waals surface area contributed by atoms with Gasteiger partial charge in [0.05, 0.1) is 4.91 Å². The van der Waals surface area contributed by atoms with Crippen molar-refractivity contribution in [3.8, 4) is 0 Å². The van der Waals surface area contributed by atoms with Gasteiger partial charge < -0.3 is 0 Å². The molecule has 1 fully saturated rings. The summed E-state index contributed by atoms with van der Waals surface area (Å²) < 4.78 is 0. The van der Waals surface area contributed by atoms with Crippen LogP contribution in [0, 0.1) is 6.92 Å². The summed E-state index contributed by atoms with van der Waals surface area (Å²) >= 11 is 8.91. The molecule has 1 aromatic carbocycles. The number of carbonyl (C=O) groups is 1. The maximum Gasteiger partial charge on any atom is 0.266 e. The number of halogens is 1. The highest BCUT2D eigenvalue weighted by Crippen LogP contribution is 2.33. The van der Waals surface area contributed by atoms with E-state index in [2.05, 4.69) is 15.2 Å². The molecule has 2 aromatic rings. The third-order valence-electron chi connectivity index (χ3n) is 3.08. The van der Waals surface area contributed by atoms with Crippen molar-refractivity contribution in [1.29, 1.82) is 0 Å². The van der Waals surface area contributed by atoms with Crippen LogP contribution in [0.2, 0.25) is 0 Å². The second-order valence-electron chi connectivity index (χ2n) is 4.91. The van der Waals surface area contributed by atoms with E-state index in [-0.39, 0.29) is 5.91 Å². The second kappa shape index (κ2) is 7.29. The smallest absolute Gasteiger partial charge is 0.266 e. The summed E-state index contributed by atoms with van der Waals surface area (Å²) in [5.74, 6) is -0.139. The fourth-order valence-corrected chi connectivity index (χ4v) is 3.82. The predicted molar refractivity (Wildman–Crippen MR) is 100 cm³/mol. The molecule has 0 atom stereocenters. The minimum atomic E-state index is -0.139. The van der Waals surface area contributed by atoms with Crippen LogP contribution in [-0.2, 0) is 4.79 Å². The first-order valence-electron chi connectivity index (χ1n) is 7.01.